The molecule has 1 aromatic carbocycles. The van der Waals surface area contributed by atoms with E-state index in [2.05, 4.69) is 9.89 Å². The second kappa shape index (κ2) is 4.97. The van der Waals surface area contributed by atoms with Crippen LogP contribution in [0.4, 0.5) is 10.3 Å². The molecule has 1 heterocycles. The molecule has 0 amide bonds. The van der Waals surface area contributed by atoms with Crippen molar-refractivity contribution in [3.8, 4) is 16.9 Å². The molecular formula is C12H11FN2O4. The van der Waals surface area contributed by atoms with E-state index < -0.39 is 11.8 Å². The fourth-order valence-corrected chi connectivity index (χ4v) is 1.67. The molecule has 0 aliphatic heterocycles. The van der Waals surface area contributed by atoms with Gasteiger partial charge in [-0.25, -0.2) is 9.18 Å². The van der Waals surface area contributed by atoms with Gasteiger partial charge < -0.3 is 19.7 Å². The molecule has 6 nitrogen and oxygen atoms in total. The maximum atomic E-state index is 13.4. The maximum Gasteiger partial charge on any atom is 0.361 e. The average molecular weight is 266 g/mol. The van der Waals surface area contributed by atoms with Crippen molar-refractivity contribution >= 4 is 11.9 Å². The maximum absolute atomic E-state index is 13.4. The first-order chi connectivity index (χ1) is 9.08. The minimum Gasteiger partial charge on any atom is -0.496 e. The SMILES string of the molecule is COC(=O)c1noc(N)c1-c1cc(F)ccc1OC. The second-order valence-corrected chi connectivity index (χ2v) is 3.61. The van der Waals surface area contributed by atoms with Gasteiger partial charge in [-0.3, -0.25) is 0 Å². The second-order valence-electron chi connectivity index (χ2n) is 3.61. The van der Waals surface area contributed by atoms with Crippen LogP contribution in [0.3, 0.4) is 0 Å². The number of nitrogens with zero attached hydrogens (tertiary/aromatic N) is 1. The van der Waals surface area contributed by atoms with E-state index in [-0.39, 0.29) is 22.7 Å². The Kier molecular flexibility index (Phi) is 3.37. The van der Waals surface area contributed by atoms with Crippen LogP contribution in [0.25, 0.3) is 11.1 Å². The lowest BCUT2D eigenvalue weighted by Gasteiger charge is -2.08. The number of methoxy groups -OCH3 is 2. The van der Waals surface area contributed by atoms with Crippen molar-refractivity contribution in [1.82, 2.24) is 5.16 Å². The molecule has 0 atom stereocenters. The Morgan fingerprint density at radius 1 is 1.42 bits per heavy atom. The van der Waals surface area contributed by atoms with E-state index in [0.29, 0.717) is 5.75 Å². The van der Waals surface area contributed by atoms with Gasteiger partial charge in [0, 0.05) is 5.56 Å². The lowest BCUT2D eigenvalue weighted by Crippen LogP contribution is -2.04. The van der Waals surface area contributed by atoms with Gasteiger partial charge in [0.1, 0.15) is 11.6 Å². The third-order valence-electron chi connectivity index (χ3n) is 2.53. The number of rotatable bonds is 3. The normalized spacial score (nSPS) is 10.3. The smallest absolute Gasteiger partial charge is 0.361 e. The number of hydrogen-bond donors (Lipinski definition) is 1. The molecule has 0 aliphatic carbocycles. The van der Waals surface area contributed by atoms with E-state index >= 15 is 0 Å². The Balaban J connectivity index is 2.68. The molecular weight excluding hydrogens is 255 g/mol. The predicted octanol–water partition coefficient (Wildman–Crippen LogP) is 1.86. The van der Waals surface area contributed by atoms with Gasteiger partial charge in [-0.15, -0.1) is 0 Å². The number of nitrogens with two attached hydrogens (primary N) is 1. The molecule has 2 aromatic rings. The number of benzene rings is 1. The van der Waals surface area contributed by atoms with Gasteiger partial charge in [-0.2, -0.15) is 0 Å². The van der Waals surface area contributed by atoms with Crippen LogP contribution in [0.5, 0.6) is 5.75 Å². The van der Waals surface area contributed by atoms with Crippen LogP contribution in [0.1, 0.15) is 10.5 Å². The van der Waals surface area contributed by atoms with Crippen molar-refractivity contribution in [2.75, 3.05) is 20.0 Å². The van der Waals surface area contributed by atoms with Gasteiger partial charge in [-0.1, -0.05) is 5.16 Å². The van der Waals surface area contributed by atoms with Crippen LogP contribution in [-0.2, 0) is 4.74 Å². The number of nitrogen functional groups attached to an aromatic ring is 1. The predicted molar refractivity (Wildman–Crippen MR) is 64.2 cm³/mol. The molecule has 0 bridgehead atoms. The summed E-state index contributed by atoms with van der Waals surface area (Å²) in [4.78, 5) is 11.6. The Morgan fingerprint density at radius 2 is 2.16 bits per heavy atom. The summed E-state index contributed by atoms with van der Waals surface area (Å²) in [7, 11) is 2.61. The third-order valence-corrected chi connectivity index (χ3v) is 2.53. The molecule has 19 heavy (non-hydrogen) atoms. The average Bonchev–Trinajstić information content (AvgIpc) is 2.79. The molecule has 2 rings (SSSR count). The first kappa shape index (κ1) is 12.9. The van der Waals surface area contributed by atoms with Crippen LogP contribution in [0.2, 0.25) is 0 Å². The van der Waals surface area contributed by atoms with Crippen molar-refractivity contribution in [2.24, 2.45) is 0 Å². The summed E-state index contributed by atoms with van der Waals surface area (Å²) in [5, 5.41) is 3.52. The van der Waals surface area contributed by atoms with E-state index in [0.717, 1.165) is 0 Å². The molecule has 0 radical (unpaired) electrons. The van der Waals surface area contributed by atoms with Crippen LogP contribution in [0.15, 0.2) is 22.7 Å². The highest BCUT2D eigenvalue weighted by molar-refractivity contribution is 5.98. The van der Waals surface area contributed by atoms with Gasteiger partial charge in [-0.05, 0) is 18.2 Å². The number of ether oxygens (including phenoxy) is 2. The molecule has 0 spiro atoms. The van der Waals surface area contributed by atoms with E-state index in [1.54, 1.807) is 0 Å². The fraction of sp³-hybridized carbons (Fsp3) is 0.167. The zero-order valence-electron chi connectivity index (χ0n) is 10.3. The molecule has 0 unspecified atom stereocenters. The number of anilines is 1. The highest BCUT2D eigenvalue weighted by atomic mass is 19.1. The number of hydrogen-bond acceptors (Lipinski definition) is 6. The summed E-state index contributed by atoms with van der Waals surface area (Å²) in [5.74, 6) is -1.03. The molecule has 0 aliphatic rings. The fourth-order valence-electron chi connectivity index (χ4n) is 1.67. The topological polar surface area (TPSA) is 87.6 Å². The summed E-state index contributed by atoms with van der Waals surface area (Å²) in [6.07, 6.45) is 0. The zero-order valence-corrected chi connectivity index (χ0v) is 10.3. The first-order valence-electron chi connectivity index (χ1n) is 5.25. The Morgan fingerprint density at radius 3 is 2.79 bits per heavy atom. The summed E-state index contributed by atoms with van der Waals surface area (Å²) in [6.45, 7) is 0. The van der Waals surface area contributed by atoms with Gasteiger partial charge >= 0.3 is 5.97 Å². The number of halogens is 1. The number of esters is 1. The number of carbonyl (C=O) groups excluding carboxylic acids is 1. The van der Waals surface area contributed by atoms with Crippen LogP contribution < -0.4 is 10.5 Å². The van der Waals surface area contributed by atoms with Gasteiger partial charge in [0.15, 0.2) is 0 Å². The van der Waals surface area contributed by atoms with Crippen molar-refractivity contribution in [3.05, 3.63) is 29.7 Å². The number of aromatic nitrogens is 1. The quantitative estimate of drug-likeness (QED) is 0.853. The van der Waals surface area contributed by atoms with Crippen LogP contribution in [-0.4, -0.2) is 25.3 Å². The molecule has 0 fully saturated rings. The van der Waals surface area contributed by atoms with Crippen molar-refractivity contribution < 1.29 is 23.2 Å². The minimum absolute atomic E-state index is 0.121. The minimum atomic E-state index is -0.734. The van der Waals surface area contributed by atoms with Gasteiger partial charge in [0.25, 0.3) is 0 Å². The third kappa shape index (κ3) is 2.22. The lowest BCUT2D eigenvalue weighted by molar-refractivity contribution is 0.0590. The largest absolute Gasteiger partial charge is 0.496 e. The van der Waals surface area contributed by atoms with E-state index in [9.17, 15) is 9.18 Å². The summed E-state index contributed by atoms with van der Waals surface area (Å²) >= 11 is 0. The van der Waals surface area contributed by atoms with E-state index in [1.807, 2.05) is 0 Å². The molecule has 7 heteroatoms. The molecule has 1 aromatic heterocycles. The standard InChI is InChI=1S/C12H11FN2O4/c1-17-8-4-3-6(13)5-7(8)9-10(12(16)18-2)15-19-11(9)14/h3-5H,14H2,1-2H3. The highest BCUT2D eigenvalue weighted by Gasteiger charge is 2.25. The summed E-state index contributed by atoms with van der Waals surface area (Å²) in [6, 6.07) is 3.82. The monoisotopic (exact) mass is 266 g/mol. The summed E-state index contributed by atoms with van der Waals surface area (Å²) < 4.78 is 27.8. The lowest BCUT2D eigenvalue weighted by atomic mass is 10.0. The Bertz CT molecular complexity index is 624. The first-order valence-corrected chi connectivity index (χ1v) is 5.25. The van der Waals surface area contributed by atoms with Gasteiger partial charge in [0.05, 0.1) is 19.8 Å². The van der Waals surface area contributed by atoms with E-state index in [1.165, 1.54) is 32.4 Å². The van der Waals surface area contributed by atoms with Crippen molar-refractivity contribution in [2.45, 2.75) is 0 Å². The van der Waals surface area contributed by atoms with Crippen LogP contribution >= 0.6 is 0 Å². The molecule has 2 N–H and O–H groups in total. The van der Waals surface area contributed by atoms with Crippen molar-refractivity contribution in [1.29, 1.82) is 0 Å². The molecule has 100 valence electrons. The highest BCUT2D eigenvalue weighted by Crippen LogP contribution is 2.37. The number of carbonyl (C=O) groups is 1. The van der Waals surface area contributed by atoms with E-state index in [4.69, 9.17) is 15.0 Å². The Hall–Kier alpha value is -2.57. The molecule has 0 saturated carbocycles. The summed E-state index contributed by atoms with van der Waals surface area (Å²) in [5.41, 5.74) is 5.90. The van der Waals surface area contributed by atoms with Crippen molar-refractivity contribution in [3.63, 3.8) is 0 Å². The zero-order chi connectivity index (χ0) is 14.0. The van der Waals surface area contributed by atoms with Crippen LogP contribution in [0, 0.1) is 5.82 Å². The Labute approximate surface area is 107 Å². The van der Waals surface area contributed by atoms with Gasteiger partial charge in [0.2, 0.25) is 11.6 Å². The molecule has 0 saturated heterocycles.